The highest BCUT2D eigenvalue weighted by Gasteiger charge is 2.32. The van der Waals surface area contributed by atoms with Crippen LogP contribution in [0.4, 0.5) is 13.2 Å². The number of alkyl halides is 3. The topological polar surface area (TPSA) is 66.7 Å². The molecule has 150 valence electrons. The number of aryl methyl sites for hydroxylation is 1. The van der Waals surface area contributed by atoms with Crippen LogP contribution in [0.25, 0.3) is 33.4 Å². The third-order valence-electron chi connectivity index (χ3n) is 4.65. The molecule has 0 spiro atoms. The molecule has 29 heavy (non-hydrogen) atoms. The lowest BCUT2D eigenvalue weighted by molar-refractivity contribution is -0.137. The molecular formula is C20H16ClF3N4O. The van der Waals surface area contributed by atoms with Gasteiger partial charge < -0.3 is 14.7 Å². The number of rotatable bonds is 5. The third-order valence-corrected chi connectivity index (χ3v) is 4.94. The zero-order chi connectivity index (χ0) is 20.6. The third kappa shape index (κ3) is 3.61. The number of nitrogens with one attached hydrogen (secondary N) is 1. The minimum absolute atomic E-state index is 0.0579. The fourth-order valence-corrected chi connectivity index (χ4v) is 3.59. The molecule has 0 aliphatic carbocycles. The van der Waals surface area contributed by atoms with Crippen molar-refractivity contribution in [1.82, 2.24) is 19.5 Å². The average molecular weight is 421 g/mol. The molecule has 0 bridgehead atoms. The van der Waals surface area contributed by atoms with Gasteiger partial charge in [-0.05, 0) is 24.6 Å². The number of H-pyrrole nitrogens is 1. The van der Waals surface area contributed by atoms with E-state index in [0.29, 0.717) is 18.5 Å². The Morgan fingerprint density at radius 2 is 1.93 bits per heavy atom. The van der Waals surface area contributed by atoms with E-state index in [0.717, 1.165) is 34.4 Å². The molecule has 2 N–H and O–H groups in total. The molecule has 0 aromatic carbocycles. The highest BCUT2D eigenvalue weighted by molar-refractivity contribution is 6.33. The molecule has 0 atom stereocenters. The Morgan fingerprint density at radius 3 is 2.66 bits per heavy atom. The number of aliphatic hydroxyl groups excluding tert-OH is 1. The van der Waals surface area contributed by atoms with Gasteiger partial charge >= 0.3 is 6.18 Å². The molecule has 0 amide bonds. The summed E-state index contributed by atoms with van der Waals surface area (Å²) < 4.78 is 40.7. The molecule has 4 aromatic heterocycles. The largest absolute Gasteiger partial charge is 0.417 e. The maximum atomic E-state index is 12.9. The Morgan fingerprint density at radius 1 is 1.14 bits per heavy atom. The maximum absolute atomic E-state index is 12.9. The van der Waals surface area contributed by atoms with E-state index in [2.05, 4.69) is 15.0 Å². The lowest BCUT2D eigenvalue weighted by atomic mass is 10.0. The van der Waals surface area contributed by atoms with Crippen molar-refractivity contribution in [3.8, 4) is 22.4 Å². The van der Waals surface area contributed by atoms with Crippen LogP contribution in [0.2, 0.25) is 5.02 Å². The highest BCUT2D eigenvalue weighted by Crippen LogP contribution is 2.40. The molecule has 0 aliphatic rings. The second-order valence-electron chi connectivity index (χ2n) is 6.52. The van der Waals surface area contributed by atoms with Crippen molar-refractivity contribution < 1.29 is 18.3 Å². The summed E-state index contributed by atoms with van der Waals surface area (Å²) >= 11 is 6.16. The number of aromatic nitrogens is 4. The lowest BCUT2D eigenvalue weighted by Gasteiger charge is -2.09. The standard InChI is InChI=1S/C20H16ClF3N4O/c21-17-7-12(20(22,23)24)8-27-18(17)15-10-25-9-14(15)16-11-28(5-2-6-29)19-13(16)3-1-4-26-19/h1,3-4,7-11,25,29H,2,5-6H2. The molecule has 0 saturated carbocycles. The highest BCUT2D eigenvalue weighted by atomic mass is 35.5. The van der Waals surface area contributed by atoms with Gasteiger partial charge in [0.1, 0.15) is 5.65 Å². The molecule has 9 heteroatoms. The number of hydrogen-bond donors (Lipinski definition) is 2. The van der Waals surface area contributed by atoms with Crippen molar-refractivity contribution in [3.63, 3.8) is 0 Å². The predicted octanol–water partition coefficient (Wildman–Crippen LogP) is 5.15. The number of pyridine rings is 2. The predicted molar refractivity (Wildman–Crippen MR) is 104 cm³/mol. The normalized spacial score (nSPS) is 12.0. The Bertz CT molecular complexity index is 1170. The van der Waals surface area contributed by atoms with E-state index in [1.165, 1.54) is 0 Å². The summed E-state index contributed by atoms with van der Waals surface area (Å²) in [7, 11) is 0. The van der Waals surface area contributed by atoms with Crippen molar-refractivity contribution in [2.75, 3.05) is 6.61 Å². The number of hydrogen-bond acceptors (Lipinski definition) is 3. The van der Waals surface area contributed by atoms with E-state index >= 15 is 0 Å². The van der Waals surface area contributed by atoms with Crippen LogP contribution in [0.5, 0.6) is 0 Å². The Balaban J connectivity index is 1.84. The number of halogens is 4. The van der Waals surface area contributed by atoms with Gasteiger partial charge in [-0.1, -0.05) is 11.6 Å². The first kappa shape index (κ1) is 19.5. The van der Waals surface area contributed by atoms with E-state index in [4.69, 9.17) is 16.7 Å². The lowest BCUT2D eigenvalue weighted by Crippen LogP contribution is -2.05. The van der Waals surface area contributed by atoms with Crippen molar-refractivity contribution in [2.45, 2.75) is 19.1 Å². The fraction of sp³-hybridized carbons (Fsp3) is 0.200. The van der Waals surface area contributed by atoms with Crippen molar-refractivity contribution in [2.24, 2.45) is 0 Å². The molecular weight excluding hydrogens is 405 g/mol. The summed E-state index contributed by atoms with van der Waals surface area (Å²) in [6.07, 6.45) is 3.86. The molecule has 0 saturated heterocycles. The van der Waals surface area contributed by atoms with Gasteiger partial charge in [-0.25, -0.2) is 4.98 Å². The Hall–Kier alpha value is -2.84. The van der Waals surface area contributed by atoms with E-state index in [-0.39, 0.29) is 17.3 Å². The van der Waals surface area contributed by atoms with Gasteiger partial charge in [0.15, 0.2) is 0 Å². The van der Waals surface area contributed by atoms with Gasteiger partial charge in [-0.3, -0.25) is 4.98 Å². The minimum Gasteiger partial charge on any atom is -0.396 e. The molecule has 0 unspecified atom stereocenters. The Kier molecular flexibility index (Phi) is 5.06. The summed E-state index contributed by atoms with van der Waals surface area (Å²) in [5.74, 6) is 0. The van der Waals surface area contributed by atoms with Gasteiger partial charge in [-0.2, -0.15) is 13.2 Å². The summed E-state index contributed by atoms with van der Waals surface area (Å²) in [4.78, 5) is 11.4. The smallest absolute Gasteiger partial charge is 0.396 e. The van der Waals surface area contributed by atoms with E-state index < -0.39 is 11.7 Å². The molecule has 0 radical (unpaired) electrons. The first-order valence-corrected chi connectivity index (χ1v) is 9.23. The first-order chi connectivity index (χ1) is 13.9. The summed E-state index contributed by atoms with van der Waals surface area (Å²) in [6.45, 7) is 0.644. The van der Waals surface area contributed by atoms with Crippen LogP contribution in [0.3, 0.4) is 0 Å². The maximum Gasteiger partial charge on any atom is 0.417 e. The molecule has 4 aromatic rings. The number of nitrogens with zero attached hydrogens (tertiary/aromatic N) is 3. The first-order valence-electron chi connectivity index (χ1n) is 8.85. The second-order valence-corrected chi connectivity index (χ2v) is 6.93. The number of aliphatic hydroxyl groups is 1. The van der Waals surface area contributed by atoms with Crippen molar-refractivity contribution in [3.05, 3.63) is 59.8 Å². The van der Waals surface area contributed by atoms with E-state index in [1.54, 1.807) is 18.6 Å². The zero-order valence-corrected chi connectivity index (χ0v) is 15.8. The van der Waals surface area contributed by atoms with Gasteiger partial charge in [0.25, 0.3) is 0 Å². The van der Waals surface area contributed by atoms with Crippen molar-refractivity contribution >= 4 is 22.6 Å². The van der Waals surface area contributed by atoms with Gasteiger partial charge in [-0.15, -0.1) is 0 Å². The van der Waals surface area contributed by atoms with Gasteiger partial charge in [0.2, 0.25) is 0 Å². The molecule has 0 aliphatic heterocycles. The van der Waals surface area contributed by atoms with Crippen LogP contribution in [0.15, 0.2) is 49.2 Å². The van der Waals surface area contributed by atoms with Crippen LogP contribution in [-0.2, 0) is 12.7 Å². The SMILES string of the molecule is OCCCn1cc(-c2c[nH]cc2-c2ncc(C(F)(F)F)cc2Cl)c2cccnc21. The van der Waals surface area contributed by atoms with Gasteiger partial charge in [0, 0.05) is 66.2 Å². The van der Waals surface area contributed by atoms with Gasteiger partial charge in [0.05, 0.1) is 16.3 Å². The van der Waals surface area contributed by atoms with E-state index in [1.807, 2.05) is 22.9 Å². The number of aromatic amines is 1. The van der Waals surface area contributed by atoms with Crippen molar-refractivity contribution in [1.29, 1.82) is 0 Å². The molecule has 5 nitrogen and oxygen atoms in total. The second kappa shape index (κ2) is 7.53. The van der Waals surface area contributed by atoms with E-state index in [9.17, 15) is 13.2 Å². The Labute approximate surface area is 168 Å². The summed E-state index contributed by atoms with van der Waals surface area (Å²) in [5, 5.41) is 9.95. The zero-order valence-electron chi connectivity index (χ0n) is 15.0. The summed E-state index contributed by atoms with van der Waals surface area (Å²) in [6, 6.07) is 4.62. The van der Waals surface area contributed by atoms with Crippen LogP contribution in [0.1, 0.15) is 12.0 Å². The van der Waals surface area contributed by atoms with Crippen LogP contribution < -0.4 is 0 Å². The minimum atomic E-state index is -4.51. The average Bonchev–Trinajstić information content (AvgIpc) is 3.30. The molecule has 4 rings (SSSR count). The monoisotopic (exact) mass is 420 g/mol. The summed E-state index contributed by atoms with van der Waals surface area (Å²) in [5.41, 5.74) is 2.31. The number of fused-ring (bicyclic) bond motifs is 1. The quantitative estimate of drug-likeness (QED) is 0.469. The van der Waals surface area contributed by atoms with Crippen LogP contribution in [0, 0.1) is 0 Å². The molecule has 0 fully saturated rings. The van der Waals surface area contributed by atoms with Crippen LogP contribution >= 0.6 is 11.6 Å². The fourth-order valence-electron chi connectivity index (χ4n) is 3.32. The molecule has 4 heterocycles. The van der Waals surface area contributed by atoms with Crippen LogP contribution in [-0.4, -0.2) is 31.2 Å².